The van der Waals surface area contributed by atoms with Crippen LogP contribution in [0.2, 0.25) is 0 Å². The minimum Gasteiger partial charge on any atom is -0.485 e. The van der Waals surface area contributed by atoms with Gasteiger partial charge in [0.25, 0.3) is 0 Å². The fourth-order valence-corrected chi connectivity index (χ4v) is 4.06. The molecule has 11 nitrogen and oxygen atoms in total. The largest absolute Gasteiger partial charge is 0.485 e. The number of halogens is 32. The van der Waals surface area contributed by atoms with E-state index in [0.29, 0.717) is 12.5 Å². The molecule has 0 aliphatic rings. The topological polar surface area (TPSA) is 133 Å². The second kappa shape index (κ2) is 26.6. The van der Waals surface area contributed by atoms with Crippen molar-refractivity contribution in [2.24, 2.45) is 0 Å². The SMILES string of the molecule is C=C(C)C(=O)OCC(F)(OC(F)(F)C(F)(OC(F)(F)C(F)(F)C(F)(F)F)C(F)(F)F)C(F)(F)F.C=C(C)C(=O)OCCO/C(=C(\C(C)(F)C(F)(F)F)C(F)(C(F)(F)F)C(F)(F)F)C(F)(F)F.C=C(C)C(=O)OCCOC(=O)C(C)(C)Br. The molecule has 0 saturated carbocycles. The van der Waals surface area contributed by atoms with Gasteiger partial charge >= 0.3 is 103 Å². The zero-order valence-corrected chi connectivity index (χ0v) is 41.8. The Morgan fingerprint density at radius 2 is 0.741 bits per heavy atom. The first kappa shape index (κ1) is 80.1. The van der Waals surface area contributed by atoms with Gasteiger partial charge in [0.1, 0.15) is 30.8 Å². The Hall–Kier alpha value is -5.13. The van der Waals surface area contributed by atoms with Gasteiger partial charge in [-0.1, -0.05) is 35.7 Å². The average molecular weight is 1340 g/mol. The maximum atomic E-state index is 14.3. The standard InChI is InChI=1S/C15H12F14O3.C13H7F17O4.C10H15BrO4/c1-6(2)9(30)32-5-4-31-8(12(18,19)20)7(10(3,16)13(21,22)23)11(17,14(24,25)26)15(27,28)29;1-4(2)5(31)32-3-6(14,9(18,19)20)33-13(29,30)8(17,11(24,25)26)34-12(27,28)7(15,16)10(21,22)23;1-7(2)8(12)14-5-6-15-9(13)10(3,4)11/h1,4-5H2,2-3H3;1,3H2,2H3;1,5-6H2,2-4H3/b8-7+;;. The summed E-state index contributed by atoms with van der Waals surface area (Å²) >= 11 is 3.15. The van der Waals surface area contributed by atoms with E-state index >= 15 is 0 Å². The Kier molecular flexibility index (Phi) is 26.3. The number of ether oxygens (including phenoxy) is 7. The smallest absolute Gasteiger partial charge is 0.462 e. The molecule has 0 saturated heterocycles. The first-order chi connectivity index (χ1) is 35.1. The van der Waals surface area contributed by atoms with Gasteiger partial charge < -0.3 is 23.7 Å². The molecule has 0 spiro atoms. The Bertz CT molecular complexity index is 2230. The van der Waals surface area contributed by atoms with Gasteiger partial charge in [0.15, 0.2) is 6.61 Å². The van der Waals surface area contributed by atoms with Crippen molar-refractivity contribution in [3.05, 3.63) is 47.8 Å². The highest BCUT2D eigenvalue weighted by molar-refractivity contribution is 9.10. The van der Waals surface area contributed by atoms with Crippen molar-refractivity contribution in [2.45, 2.75) is 130 Å². The van der Waals surface area contributed by atoms with Crippen LogP contribution < -0.4 is 0 Å². The highest BCUT2D eigenvalue weighted by atomic mass is 79.9. The van der Waals surface area contributed by atoms with Gasteiger partial charge in [-0.3, -0.25) is 14.3 Å². The molecule has 0 aromatic heterocycles. The van der Waals surface area contributed by atoms with Crippen LogP contribution in [0.4, 0.5) is 136 Å². The third kappa shape index (κ3) is 20.6. The predicted molar refractivity (Wildman–Crippen MR) is 205 cm³/mol. The maximum absolute atomic E-state index is 14.3. The summed E-state index contributed by atoms with van der Waals surface area (Å²) in [4.78, 5) is 44.1. The van der Waals surface area contributed by atoms with E-state index < -0.39 is 156 Å². The van der Waals surface area contributed by atoms with Crippen LogP contribution in [0.25, 0.3) is 0 Å². The molecule has 81 heavy (non-hydrogen) atoms. The molecule has 3 unspecified atom stereocenters. The normalized spacial score (nSPS) is 16.2. The number of allylic oxidation sites excluding steroid dienone is 2. The lowest BCUT2D eigenvalue weighted by Crippen LogP contribution is -2.67. The summed E-state index contributed by atoms with van der Waals surface area (Å²) in [5, 5.41) is 0. The van der Waals surface area contributed by atoms with Crippen LogP contribution in [0, 0.1) is 0 Å². The van der Waals surface area contributed by atoms with E-state index in [1.807, 2.05) is 4.74 Å². The molecule has 0 N–H and O–H groups in total. The highest BCUT2D eigenvalue weighted by Crippen LogP contribution is 2.60. The molecule has 0 radical (unpaired) electrons. The second-order valence-corrected chi connectivity index (χ2v) is 17.6. The number of hydrogen-bond donors (Lipinski definition) is 0. The third-order valence-electron chi connectivity index (χ3n) is 8.09. The summed E-state index contributed by atoms with van der Waals surface area (Å²) in [6.07, 6.45) is -66.9. The molecule has 43 heteroatoms. The van der Waals surface area contributed by atoms with Gasteiger partial charge in [-0.25, -0.2) is 23.2 Å². The van der Waals surface area contributed by atoms with Crippen LogP contribution in [-0.2, 0) is 52.3 Å². The fourth-order valence-electron chi connectivity index (χ4n) is 3.95. The van der Waals surface area contributed by atoms with Gasteiger partial charge in [-0.2, -0.15) is 127 Å². The first-order valence-corrected chi connectivity index (χ1v) is 20.4. The molecule has 0 rings (SSSR count). The first-order valence-electron chi connectivity index (χ1n) is 19.6. The van der Waals surface area contributed by atoms with E-state index in [4.69, 9.17) is 9.47 Å². The van der Waals surface area contributed by atoms with Gasteiger partial charge in [0.05, 0.1) is 5.57 Å². The van der Waals surface area contributed by atoms with Crippen LogP contribution >= 0.6 is 15.9 Å². The molecule has 3 atom stereocenters. The Balaban J connectivity index is -0.00000121. The number of hydrogen-bond acceptors (Lipinski definition) is 11. The summed E-state index contributed by atoms with van der Waals surface area (Å²) in [6, 6.07) is 0. The van der Waals surface area contributed by atoms with Crippen molar-refractivity contribution >= 4 is 39.8 Å². The van der Waals surface area contributed by atoms with Gasteiger partial charge in [0.2, 0.25) is 11.4 Å². The zero-order valence-electron chi connectivity index (χ0n) is 40.2. The zero-order chi connectivity index (χ0) is 66.2. The molecule has 0 aromatic rings. The molecule has 0 aromatic carbocycles. The molecule has 0 aliphatic carbocycles. The Morgan fingerprint density at radius 1 is 0.407 bits per heavy atom. The van der Waals surface area contributed by atoms with E-state index in [0.717, 1.165) is 6.92 Å². The predicted octanol–water partition coefficient (Wildman–Crippen LogP) is 13.9. The summed E-state index contributed by atoms with van der Waals surface area (Å²) in [5.74, 6) is -30.4. The lowest BCUT2D eigenvalue weighted by Gasteiger charge is -2.40. The minimum atomic E-state index is -7.99. The van der Waals surface area contributed by atoms with Crippen molar-refractivity contribution < 1.29 is 188 Å². The number of rotatable bonds is 21. The van der Waals surface area contributed by atoms with E-state index in [2.05, 4.69) is 49.9 Å². The van der Waals surface area contributed by atoms with Crippen LogP contribution in [0.3, 0.4) is 0 Å². The van der Waals surface area contributed by atoms with E-state index in [1.54, 1.807) is 20.8 Å². The average Bonchev–Trinajstić information content (AvgIpc) is 3.21. The lowest BCUT2D eigenvalue weighted by atomic mass is 9.81. The summed E-state index contributed by atoms with van der Waals surface area (Å²) in [5.41, 5.74) is -19.1. The van der Waals surface area contributed by atoms with Crippen LogP contribution in [0.1, 0.15) is 41.5 Å². The molecule has 0 heterocycles. The van der Waals surface area contributed by atoms with Crippen molar-refractivity contribution in [1.29, 1.82) is 0 Å². The van der Waals surface area contributed by atoms with Crippen molar-refractivity contribution in [1.82, 2.24) is 0 Å². The number of carbonyl (C=O) groups excluding carboxylic acids is 4. The molecular formula is C38H34BrF31O11. The van der Waals surface area contributed by atoms with Gasteiger partial charge in [-0.15, -0.1) is 0 Å². The third-order valence-corrected chi connectivity index (χ3v) is 8.41. The monoisotopic (exact) mass is 1330 g/mol. The molecular weight excluding hydrogens is 1300 g/mol. The van der Waals surface area contributed by atoms with Crippen LogP contribution in [0.15, 0.2) is 47.8 Å². The van der Waals surface area contributed by atoms with Gasteiger partial charge in [-0.05, 0) is 41.5 Å². The Labute approximate surface area is 439 Å². The Morgan fingerprint density at radius 3 is 1.01 bits per heavy atom. The van der Waals surface area contributed by atoms with E-state index in [9.17, 15) is 155 Å². The molecule has 0 amide bonds. The van der Waals surface area contributed by atoms with Crippen LogP contribution in [0.5, 0.6) is 0 Å². The van der Waals surface area contributed by atoms with E-state index in [-0.39, 0.29) is 18.8 Å². The number of carbonyl (C=O) groups is 4. The van der Waals surface area contributed by atoms with Crippen LogP contribution in [-0.4, -0.2) is 146 Å². The fraction of sp³-hybridized carbons (Fsp3) is 0.684. The van der Waals surface area contributed by atoms with Crippen molar-refractivity contribution in [3.63, 3.8) is 0 Å². The molecule has 476 valence electrons. The summed E-state index contributed by atoms with van der Waals surface area (Å²) in [7, 11) is 0. The maximum Gasteiger partial charge on any atom is 0.462 e. The molecule has 0 fully saturated rings. The summed E-state index contributed by atoms with van der Waals surface area (Å²) in [6.45, 7) is 8.19. The van der Waals surface area contributed by atoms with Crippen molar-refractivity contribution in [3.8, 4) is 0 Å². The number of esters is 4. The second-order valence-electron chi connectivity index (χ2n) is 15.6. The lowest BCUT2D eigenvalue weighted by molar-refractivity contribution is -0.552. The molecule has 0 bridgehead atoms. The van der Waals surface area contributed by atoms with Gasteiger partial charge in [0, 0.05) is 16.7 Å². The summed E-state index contributed by atoms with van der Waals surface area (Å²) < 4.78 is 426. The van der Waals surface area contributed by atoms with Crippen molar-refractivity contribution in [2.75, 3.05) is 33.0 Å². The van der Waals surface area contributed by atoms with E-state index in [1.165, 1.54) is 4.74 Å². The quantitative estimate of drug-likeness (QED) is 0.0207. The number of alkyl halides is 32. The minimum absolute atomic E-state index is 0.0422. The highest BCUT2D eigenvalue weighted by Gasteiger charge is 2.86. The molecule has 0 aliphatic heterocycles.